The second-order valence-electron chi connectivity index (χ2n) is 6.47. The van der Waals surface area contributed by atoms with Crippen LogP contribution in [0.3, 0.4) is 0 Å². The van der Waals surface area contributed by atoms with Crippen molar-refractivity contribution in [3.8, 4) is 0 Å². The number of carbonyl (C=O) groups is 2. The van der Waals surface area contributed by atoms with E-state index in [-0.39, 0.29) is 11.9 Å². The van der Waals surface area contributed by atoms with Gasteiger partial charge in [-0.25, -0.2) is 4.79 Å². The van der Waals surface area contributed by atoms with Crippen molar-refractivity contribution in [1.29, 1.82) is 0 Å². The number of ether oxygens (including phenoxy) is 1. The Morgan fingerprint density at radius 2 is 2.15 bits per heavy atom. The summed E-state index contributed by atoms with van der Waals surface area (Å²) >= 11 is 0. The fraction of sp³-hybridized carbons (Fsp3) is 0.733. The number of fused-ring (bicyclic) bond motifs is 1. The Bertz CT molecular complexity index is 412. The van der Waals surface area contributed by atoms with Crippen LogP contribution in [0.2, 0.25) is 0 Å². The average molecular weight is 280 g/mol. The molecule has 0 saturated carbocycles. The van der Waals surface area contributed by atoms with Crippen LogP contribution in [0.1, 0.15) is 46.5 Å². The van der Waals surface area contributed by atoms with Crippen LogP contribution >= 0.6 is 0 Å². The molecular formula is C15H24N2O3. The van der Waals surface area contributed by atoms with E-state index in [1.807, 2.05) is 11.0 Å². The summed E-state index contributed by atoms with van der Waals surface area (Å²) in [6, 6.07) is -0.314. The second kappa shape index (κ2) is 5.85. The predicted octanol–water partition coefficient (Wildman–Crippen LogP) is 2.22. The molecule has 0 radical (unpaired) electrons. The van der Waals surface area contributed by atoms with Crippen LogP contribution in [0.4, 0.5) is 4.79 Å². The minimum Gasteiger partial charge on any atom is -0.444 e. The van der Waals surface area contributed by atoms with E-state index in [1.165, 1.54) is 6.42 Å². The van der Waals surface area contributed by atoms with Gasteiger partial charge in [0.15, 0.2) is 0 Å². The van der Waals surface area contributed by atoms with E-state index in [0.717, 1.165) is 25.8 Å². The van der Waals surface area contributed by atoms with Crippen molar-refractivity contribution < 1.29 is 14.3 Å². The number of hydrogen-bond donors (Lipinski definition) is 1. The van der Waals surface area contributed by atoms with E-state index in [0.29, 0.717) is 0 Å². The Morgan fingerprint density at radius 1 is 1.40 bits per heavy atom. The Labute approximate surface area is 120 Å². The van der Waals surface area contributed by atoms with Gasteiger partial charge in [0.1, 0.15) is 11.6 Å². The Hall–Kier alpha value is -1.52. The summed E-state index contributed by atoms with van der Waals surface area (Å²) in [5, 5.41) is 2.66. The van der Waals surface area contributed by atoms with Crippen LogP contribution < -0.4 is 5.32 Å². The molecule has 1 N–H and O–H groups in total. The summed E-state index contributed by atoms with van der Waals surface area (Å²) in [5.74, 6) is -0.0192. The molecule has 20 heavy (non-hydrogen) atoms. The minimum atomic E-state index is -0.604. The quantitative estimate of drug-likeness (QED) is 0.749. The molecule has 1 saturated heterocycles. The van der Waals surface area contributed by atoms with Gasteiger partial charge in [-0.05, 0) is 46.5 Å². The maximum atomic E-state index is 12.5. The third-order valence-electron chi connectivity index (χ3n) is 3.59. The number of hydrogen-bond acceptors (Lipinski definition) is 3. The highest BCUT2D eigenvalue weighted by Gasteiger charge is 2.33. The summed E-state index contributed by atoms with van der Waals surface area (Å²) < 4.78 is 5.21. The number of nitrogens with one attached hydrogen (secondary N) is 1. The Balaban J connectivity index is 2.00. The van der Waals surface area contributed by atoms with Gasteiger partial charge in [0.2, 0.25) is 5.91 Å². The molecule has 0 aromatic carbocycles. The van der Waals surface area contributed by atoms with Gasteiger partial charge >= 0.3 is 6.09 Å². The van der Waals surface area contributed by atoms with Crippen molar-refractivity contribution in [2.45, 2.75) is 64.1 Å². The summed E-state index contributed by atoms with van der Waals surface area (Å²) in [7, 11) is 0. The number of rotatable bonds is 1. The van der Waals surface area contributed by atoms with Crippen LogP contribution in [-0.2, 0) is 9.53 Å². The molecule has 5 heteroatoms. The van der Waals surface area contributed by atoms with Crippen molar-refractivity contribution in [2.24, 2.45) is 0 Å². The standard InChI is InChI=1S/C15H24N2O3/c1-15(2,3)20-14(19)16-12-9-6-8-11-7-4-5-10-17(11)13(12)18/h6,9,11-12H,4-5,7-8,10H2,1-3H3,(H,16,19)/t11-,12+/m1/s1. The van der Waals surface area contributed by atoms with Gasteiger partial charge in [-0.15, -0.1) is 0 Å². The molecular weight excluding hydrogens is 256 g/mol. The van der Waals surface area contributed by atoms with Gasteiger partial charge in [0.05, 0.1) is 0 Å². The lowest BCUT2D eigenvalue weighted by atomic mass is 10.00. The molecule has 2 amide bonds. The number of alkyl carbamates (subject to hydrolysis) is 1. The van der Waals surface area contributed by atoms with Gasteiger partial charge in [-0.3, -0.25) is 4.79 Å². The zero-order valence-electron chi connectivity index (χ0n) is 12.5. The van der Waals surface area contributed by atoms with E-state index >= 15 is 0 Å². The number of amides is 2. The second-order valence-corrected chi connectivity index (χ2v) is 6.47. The summed E-state index contributed by atoms with van der Waals surface area (Å²) in [4.78, 5) is 26.2. The van der Waals surface area contributed by atoms with Gasteiger partial charge in [0.25, 0.3) is 0 Å². The minimum absolute atomic E-state index is 0.0192. The molecule has 0 aliphatic carbocycles. The number of carbonyl (C=O) groups excluding carboxylic acids is 2. The number of nitrogens with zero attached hydrogens (tertiary/aromatic N) is 1. The summed E-state index contributed by atoms with van der Waals surface area (Å²) in [6.45, 7) is 6.20. The van der Waals surface area contributed by atoms with E-state index in [4.69, 9.17) is 4.74 Å². The molecule has 112 valence electrons. The summed E-state index contributed by atoms with van der Waals surface area (Å²) in [6.07, 6.45) is 7.37. The van der Waals surface area contributed by atoms with Gasteiger partial charge in [0, 0.05) is 12.6 Å². The zero-order valence-corrected chi connectivity index (χ0v) is 12.5. The first-order valence-electron chi connectivity index (χ1n) is 7.33. The van der Waals surface area contributed by atoms with Crippen molar-refractivity contribution in [3.05, 3.63) is 12.2 Å². The highest BCUT2D eigenvalue weighted by Crippen LogP contribution is 2.23. The first-order valence-corrected chi connectivity index (χ1v) is 7.33. The maximum absolute atomic E-state index is 12.5. The van der Waals surface area contributed by atoms with Crippen LogP contribution in [-0.4, -0.2) is 41.1 Å². The smallest absolute Gasteiger partial charge is 0.408 e. The molecule has 2 rings (SSSR count). The molecule has 2 atom stereocenters. The van der Waals surface area contributed by atoms with E-state index in [1.54, 1.807) is 26.8 Å². The summed E-state index contributed by atoms with van der Waals surface area (Å²) in [5.41, 5.74) is -0.560. The van der Waals surface area contributed by atoms with Crippen LogP contribution in [0.15, 0.2) is 12.2 Å². The highest BCUT2D eigenvalue weighted by atomic mass is 16.6. The fourth-order valence-corrected chi connectivity index (χ4v) is 2.71. The predicted molar refractivity (Wildman–Crippen MR) is 76.3 cm³/mol. The lowest BCUT2D eigenvalue weighted by molar-refractivity contribution is -0.135. The first-order chi connectivity index (χ1) is 9.37. The van der Waals surface area contributed by atoms with Crippen molar-refractivity contribution in [2.75, 3.05) is 6.54 Å². The van der Waals surface area contributed by atoms with Crippen molar-refractivity contribution in [1.82, 2.24) is 10.2 Å². The Kier molecular flexibility index (Phi) is 4.35. The molecule has 5 nitrogen and oxygen atoms in total. The molecule has 2 aliphatic heterocycles. The van der Waals surface area contributed by atoms with E-state index in [9.17, 15) is 9.59 Å². The number of piperidine rings is 1. The molecule has 0 bridgehead atoms. The van der Waals surface area contributed by atoms with Crippen LogP contribution in [0.25, 0.3) is 0 Å². The monoisotopic (exact) mass is 280 g/mol. The van der Waals surface area contributed by atoms with Gasteiger partial charge < -0.3 is 15.0 Å². The topological polar surface area (TPSA) is 58.6 Å². The van der Waals surface area contributed by atoms with Crippen molar-refractivity contribution >= 4 is 12.0 Å². The Morgan fingerprint density at radius 3 is 2.85 bits per heavy atom. The lowest BCUT2D eigenvalue weighted by Crippen LogP contribution is -2.52. The fourth-order valence-electron chi connectivity index (χ4n) is 2.71. The molecule has 2 heterocycles. The largest absolute Gasteiger partial charge is 0.444 e. The normalized spacial score (nSPS) is 26.8. The van der Waals surface area contributed by atoms with E-state index in [2.05, 4.69) is 5.32 Å². The molecule has 0 aromatic rings. The maximum Gasteiger partial charge on any atom is 0.408 e. The van der Waals surface area contributed by atoms with Crippen LogP contribution in [0.5, 0.6) is 0 Å². The van der Waals surface area contributed by atoms with Gasteiger partial charge in [-0.2, -0.15) is 0 Å². The first kappa shape index (κ1) is 14.9. The molecule has 0 aromatic heterocycles. The third-order valence-corrected chi connectivity index (χ3v) is 3.59. The molecule has 0 spiro atoms. The molecule has 1 fully saturated rings. The van der Waals surface area contributed by atoms with E-state index < -0.39 is 17.7 Å². The van der Waals surface area contributed by atoms with Crippen LogP contribution in [0, 0.1) is 0 Å². The SMILES string of the molecule is CC(C)(C)OC(=O)N[C@H]1C=CC[C@H]2CCCCN2C1=O. The van der Waals surface area contributed by atoms with Crippen molar-refractivity contribution in [3.63, 3.8) is 0 Å². The molecule has 2 aliphatic rings. The zero-order chi connectivity index (χ0) is 14.8. The lowest BCUT2D eigenvalue weighted by Gasteiger charge is -2.35. The third kappa shape index (κ3) is 3.74. The highest BCUT2D eigenvalue weighted by molar-refractivity contribution is 5.88. The average Bonchev–Trinajstić information content (AvgIpc) is 2.49. The van der Waals surface area contributed by atoms with Gasteiger partial charge in [-0.1, -0.05) is 12.2 Å². The molecule has 0 unspecified atom stereocenters.